The molecule has 0 aliphatic heterocycles. The zero-order valence-electron chi connectivity index (χ0n) is 17.0. The molecule has 0 saturated heterocycles. The Balaban J connectivity index is 0.000000249. The molecule has 3 aromatic rings. The molecule has 1 heterocycles. The fourth-order valence-electron chi connectivity index (χ4n) is 2.43. The number of rotatable bonds is 6. The maximum atomic E-state index is 11.4. The first-order valence-electron chi connectivity index (χ1n) is 9.10. The molecule has 34 heavy (non-hydrogen) atoms. The van der Waals surface area contributed by atoms with Crippen LogP contribution in [-0.2, 0) is 33.1 Å². The van der Waals surface area contributed by atoms with Crippen LogP contribution in [0.5, 0.6) is 0 Å². The molecular formula is C19H17F6N3O4S2. The highest BCUT2D eigenvalue weighted by Crippen LogP contribution is 2.36. The normalized spacial score (nSPS) is 12.6. The Kier molecular flexibility index (Phi) is 8.50. The molecule has 0 unspecified atom stereocenters. The fourth-order valence-corrected chi connectivity index (χ4v) is 4.14. The Morgan fingerprint density at radius 3 is 1.62 bits per heavy atom. The molecule has 0 spiro atoms. The van der Waals surface area contributed by atoms with Crippen LogP contribution in [-0.4, -0.2) is 32.4 Å². The number of halogens is 6. The van der Waals surface area contributed by atoms with Gasteiger partial charge in [0.15, 0.2) is 20.0 Å². The standard InChI is InChI=1S/C17H17N2.C2F6NO4S2/c1-3-7-16(8-4-1)13-18-11-12-19(15-18)14-17-9-5-2-6-10-17;3-1(4,5)14(10,11)9-15(12,13)2(6,7)8/h1-12,15H,13-14H2;/q+1;-1. The first kappa shape index (κ1) is 27.3. The first-order chi connectivity index (χ1) is 15.6. The maximum Gasteiger partial charge on any atom is 0.480 e. The summed E-state index contributed by atoms with van der Waals surface area (Å²) in [6.07, 6.45) is 6.39. The van der Waals surface area contributed by atoms with Crippen molar-refractivity contribution in [2.75, 3.05) is 0 Å². The third kappa shape index (κ3) is 7.85. The fraction of sp³-hybridized carbons (Fsp3) is 0.211. The van der Waals surface area contributed by atoms with Gasteiger partial charge in [-0.05, 0) is 11.1 Å². The van der Waals surface area contributed by atoms with E-state index in [1.807, 2.05) is 0 Å². The van der Waals surface area contributed by atoms with Crippen LogP contribution in [0, 0.1) is 0 Å². The van der Waals surface area contributed by atoms with Crippen molar-refractivity contribution in [3.8, 4) is 0 Å². The van der Waals surface area contributed by atoms with Crippen molar-refractivity contribution >= 4 is 20.0 Å². The van der Waals surface area contributed by atoms with E-state index in [-0.39, 0.29) is 0 Å². The molecule has 0 bridgehead atoms. The lowest BCUT2D eigenvalue weighted by Gasteiger charge is -2.22. The third-order valence-electron chi connectivity index (χ3n) is 3.94. The molecule has 2 aromatic carbocycles. The smallest absolute Gasteiger partial charge is 0.421 e. The van der Waals surface area contributed by atoms with Crippen molar-refractivity contribution in [1.82, 2.24) is 4.57 Å². The molecule has 0 saturated carbocycles. The van der Waals surface area contributed by atoms with E-state index >= 15 is 0 Å². The van der Waals surface area contributed by atoms with Crippen molar-refractivity contribution in [3.63, 3.8) is 0 Å². The Hall–Kier alpha value is -2.91. The zero-order valence-corrected chi connectivity index (χ0v) is 18.6. The molecule has 0 fully saturated rings. The second kappa shape index (κ2) is 10.6. The van der Waals surface area contributed by atoms with Gasteiger partial charge in [0.2, 0.25) is 6.33 Å². The van der Waals surface area contributed by atoms with E-state index in [1.165, 1.54) is 11.1 Å². The molecule has 7 nitrogen and oxygen atoms in total. The second-order valence-electron chi connectivity index (χ2n) is 6.65. The maximum absolute atomic E-state index is 11.4. The van der Waals surface area contributed by atoms with Crippen LogP contribution >= 0.6 is 0 Å². The molecule has 0 aliphatic rings. The van der Waals surface area contributed by atoms with Gasteiger partial charge in [0.1, 0.15) is 25.5 Å². The van der Waals surface area contributed by atoms with Crippen molar-refractivity contribution in [1.29, 1.82) is 0 Å². The van der Waals surface area contributed by atoms with Gasteiger partial charge in [-0.1, -0.05) is 60.7 Å². The van der Waals surface area contributed by atoms with Crippen LogP contribution < -0.4 is 4.57 Å². The predicted octanol–water partition coefficient (Wildman–Crippen LogP) is 3.93. The summed E-state index contributed by atoms with van der Waals surface area (Å²) in [5.74, 6) is 0. The molecule has 15 heteroatoms. The number of hydrogen-bond acceptors (Lipinski definition) is 4. The minimum atomic E-state index is -6.72. The average molecular weight is 529 g/mol. The number of alkyl halides is 6. The van der Waals surface area contributed by atoms with Gasteiger partial charge in [-0.25, -0.2) is 26.0 Å². The predicted molar refractivity (Wildman–Crippen MR) is 109 cm³/mol. The molecule has 186 valence electrons. The summed E-state index contributed by atoms with van der Waals surface area (Å²) in [6, 6.07) is 21.0. The van der Waals surface area contributed by atoms with Crippen LogP contribution in [0.25, 0.3) is 4.13 Å². The van der Waals surface area contributed by atoms with Gasteiger partial charge >= 0.3 is 11.0 Å². The Labute approximate surface area is 191 Å². The van der Waals surface area contributed by atoms with Crippen molar-refractivity contribution in [3.05, 3.63) is 94.6 Å². The van der Waals surface area contributed by atoms with E-state index in [4.69, 9.17) is 0 Å². The molecule has 0 radical (unpaired) electrons. The van der Waals surface area contributed by atoms with Crippen LogP contribution in [0.3, 0.4) is 0 Å². The van der Waals surface area contributed by atoms with Crippen LogP contribution in [0.4, 0.5) is 26.3 Å². The van der Waals surface area contributed by atoms with Gasteiger partial charge in [-0.3, -0.25) is 0 Å². The minimum absolute atomic E-state index is 0.778. The third-order valence-corrected chi connectivity index (χ3v) is 6.68. The monoisotopic (exact) mass is 529 g/mol. The van der Waals surface area contributed by atoms with E-state index in [0.717, 1.165) is 17.2 Å². The van der Waals surface area contributed by atoms with Crippen molar-refractivity contribution in [2.24, 2.45) is 0 Å². The highest BCUT2D eigenvalue weighted by Gasteiger charge is 2.46. The molecule has 0 N–H and O–H groups in total. The summed E-state index contributed by atoms with van der Waals surface area (Å²) in [6.45, 7) is 1.84. The van der Waals surface area contributed by atoms with Crippen molar-refractivity contribution < 1.29 is 47.7 Å². The SMILES string of the molecule is O=S(=O)([N-]S(=O)(=O)C(F)(F)F)C(F)(F)F.c1ccc(Cn2cc[n+](Cc3ccccc3)c2)cc1. The van der Waals surface area contributed by atoms with Gasteiger partial charge in [0.25, 0.3) is 0 Å². The van der Waals surface area contributed by atoms with Crippen molar-refractivity contribution in [2.45, 2.75) is 24.1 Å². The van der Waals surface area contributed by atoms with Crippen LogP contribution in [0.2, 0.25) is 0 Å². The lowest BCUT2D eigenvalue weighted by molar-refractivity contribution is -0.687. The summed E-state index contributed by atoms with van der Waals surface area (Å²) in [5.41, 5.74) is -9.76. The number of nitrogens with zero attached hydrogens (tertiary/aromatic N) is 3. The van der Waals surface area contributed by atoms with Gasteiger partial charge in [0, 0.05) is 0 Å². The van der Waals surface area contributed by atoms with E-state index in [1.54, 1.807) is 0 Å². The summed E-state index contributed by atoms with van der Waals surface area (Å²) in [4.78, 5) is 0. The van der Waals surface area contributed by atoms with Gasteiger partial charge in [0.05, 0.1) is 0 Å². The highest BCUT2D eigenvalue weighted by molar-refractivity contribution is 8.13. The lowest BCUT2D eigenvalue weighted by atomic mass is 10.2. The molecular weight excluding hydrogens is 512 g/mol. The van der Waals surface area contributed by atoms with E-state index in [0.29, 0.717) is 0 Å². The Morgan fingerprint density at radius 2 is 1.18 bits per heavy atom. The second-order valence-corrected chi connectivity index (χ2v) is 10.1. The minimum Gasteiger partial charge on any atom is -0.421 e. The van der Waals surface area contributed by atoms with E-state index < -0.39 is 31.1 Å². The van der Waals surface area contributed by atoms with E-state index in [9.17, 15) is 43.2 Å². The molecule has 1 aromatic heterocycles. The zero-order chi connectivity index (χ0) is 25.6. The number of imidazole rings is 1. The topological polar surface area (TPSA) is 91.2 Å². The summed E-state index contributed by atoms with van der Waals surface area (Å²) >= 11 is 0. The summed E-state index contributed by atoms with van der Waals surface area (Å²) in [5, 5.41) is 0. The highest BCUT2D eigenvalue weighted by atomic mass is 32.3. The average Bonchev–Trinajstić information content (AvgIpc) is 3.14. The lowest BCUT2D eigenvalue weighted by Crippen LogP contribution is -2.31. The molecule has 3 rings (SSSR count). The van der Waals surface area contributed by atoms with E-state index in [2.05, 4.69) is 88.5 Å². The van der Waals surface area contributed by atoms with Crippen LogP contribution in [0.15, 0.2) is 79.4 Å². The van der Waals surface area contributed by atoms with Gasteiger partial charge < -0.3 is 4.13 Å². The van der Waals surface area contributed by atoms with Crippen LogP contribution in [0.1, 0.15) is 11.1 Å². The van der Waals surface area contributed by atoms with Gasteiger partial charge in [-0.15, -0.1) is 0 Å². The number of sulfonamides is 2. The largest absolute Gasteiger partial charge is 0.480 e. The quantitative estimate of drug-likeness (QED) is 0.358. The van der Waals surface area contributed by atoms with Gasteiger partial charge in [-0.2, -0.15) is 26.3 Å². The number of hydrogen-bond donors (Lipinski definition) is 0. The summed E-state index contributed by atoms with van der Waals surface area (Å²) in [7, 11) is -13.4. The first-order valence-corrected chi connectivity index (χ1v) is 12.0. The molecule has 0 amide bonds. The Morgan fingerprint density at radius 1 is 0.735 bits per heavy atom. The number of benzene rings is 2. The molecule has 0 aliphatic carbocycles. The number of aromatic nitrogens is 2. The summed E-state index contributed by atoms with van der Waals surface area (Å²) < 4.78 is 114. The molecule has 0 atom stereocenters. The Bertz CT molecular complexity index is 1180.